The minimum Gasteiger partial charge on any atom is -0.327 e. The van der Waals surface area contributed by atoms with Gasteiger partial charge in [0.25, 0.3) is 0 Å². The normalized spacial score (nSPS) is 12.4. The van der Waals surface area contributed by atoms with Crippen molar-refractivity contribution in [1.82, 2.24) is 0 Å². The monoisotopic (exact) mass is 313 g/mol. The second-order valence-electron chi connectivity index (χ2n) is 4.43. The second kappa shape index (κ2) is 7.07. The summed E-state index contributed by atoms with van der Waals surface area (Å²) >= 11 is 7.34. The molecule has 0 bridgehead atoms. The molecule has 1 unspecified atom stereocenters. The highest BCUT2D eigenvalue weighted by Gasteiger charge is 2.13. The highest BCUT2D eigenvalue weighted by Crippen LogP contribution is 2.22. The first-order valence-corrected chi connectivity index (χ1v) is 7.49. The Labute approximate surface area is 126 Å². The topological polar surface area (TPSA) is 26.0 Å². The Morgan fingerprint density at radius 3 is 2.25 bits per heavy atom. The summed E-state index contributed by atoms with van der Waals surface area (Å²) in [6.45, 7) is 0. The predicted molar refractivity (Wildman–Crippen MR) is 80.2 cm³/mol. The van der Waals surface area contributed by atoms with Gasteiger partial charge in [-0.25, -0.2) is 8.78 Å². The van der Waals surface area contributed by atoms with E-state index in [9.17, 15) is 8.78 Å². The van der Waals surface area contributed by atoms with Crippen molar-refractivity contribution in [3.8, 4) is 0 Å². The van der Waals surface area contributed by atoms with Crippen LogP contribution in [0, 0.1) is 11.6 Å². The summed E-state index contributed by atoms with van der Waals surface area (Å²) in [4.78, 5) is 1.03. The summed E-state index contributed by atoms with van der Waals surface area (Å²) in [5, 5.41) is 0.673. The lowest BCUT2D eigenvalue weighted by molar-refractivity contribution is 0.543. The SMILES string of the molecule is NC(CSc1ccc(Cl)cc1)Cc1c(F)cccc1F. The molecule has 0 amide bonds. The molecule has 0 radical (unpaired) electrons. The minimum atomic E-state index is -0.544. The molecule has 0 aliphatic carbocycles. The predicted octanol–water partition coefficient (Wildman–Crippen LogP) is 4.28. The maximum absolute atomic E-state index is 13.5. The highest BCUT2D eigenvalue weighted by molar-refractivity contribution is 7.99. The van der Waals surface area contributed by atoms with Crippen molar-refractivity contribution in [2.24, 2.45) is 5.73 Å². The zero-order valence-corrected chi connectivity index (χ0v) is 12.2. The van der Waals surface area contributed by atoms with Crippen molar-refractivity contribution in [2.75, 3.05) is 5.75 Å². The lowest BCUT2D eigenvalue weighted by Crippen LogP contribution is -2.26. The maximum atomic E-state index is 13.5. The molecular weight excluding hydrogens is 300 g/mol. The first-order chi connectivity index (χ1) is 9.56. The molecule has 106 valence electrons. The highest BCUT2D eigenvalue weighted by atomic mass is 35.5. The maximum Gasteiger partial charge on any atom is 0.129 e. The zero-order valence-electron chi connectivity index (χ0n) is 10.7. The third-order valence-corrected chi connectivity index (χ3v) is 4.26. The summed E-state index contributed by atoms with van der Waals surface area (Å²) < 4.78 is 27.0. The molecule has 0 fully saturated rings. The number of benzene rings is 2. The van der Waals surface area contributed by atoms with E-state index >= 15 is 0 Å². The van der Waals surface area contributed by atoms with E-state index in [1.54, 1.807) is 12.1 Å². The summed E-state index contributed by atoms with van der Waals surface area (Å²) in [5.41, 5.74) is 5.99. The largest absolute Gasteiger partial charge is 0.327 e. The van der Waals surface area contributed by atoms with Crippen LogP contribution in [0.3, 0.4) is 0 Å². The smallest absolute Gasteiger partial charge is 0.129 e. The average Bonchev–Trinajstić information content (AvgIpc) is 2.42. The Hall–Kier alpha value is -1.10. The van der Waals surface area contributed by atoms with Gasteiger partial charge in [0.05, 0.1) is 0 Å². The van der Waals surface area contributed by atoms with Gasteiger partial charge in [-0.05, 0) is 42.8 Å². The molecule has 0 spiro atoms. The second-order valence-corrected chi connectivity index (χ2v) is 5.96. The number of halogens is 3. The number of thioether (sulfide) groups is 1. The molecule has 0 aliphatic rings. The van der Waals surface area contributed by atoms with Crippen molar-refractivity contribution in [3.05, 3.63) is 64.7 Å². The quantitative estimate of drug-likeness (QED) is 0.834. The number of rotatable bonds is 5. The molecular formula is C15H14ClF2NS. The van der Waals surface area contributed by atoms with Gasteiger partial charge in [-0.15, -0.1) is 11.8 Å². The van der Waals surface area contributed by atoms with E-state index in [0.717, 1.165) is 4.90 Å². The van der Waals surface area contributed by atoms with Crippen LogP contribution in [0.4, 0.5) is 8.78 Å². The van der Waals surface area contributed by atoms with Crippen molar-refractivity contribution >= 4 is 23.4 Å². The Morgan fingerprint density at radius 2 is 1.65 bits per heavy atom. The van der Waals surface area contributed by atoms with Gasteiger partial charge in [0.2, 0.25) is 0 Å². The van der Waals surface area contributed by atoms with Crippen LogP contribution in [0.1, 0.15) is 5.56 Å². The molecule has 2 aromatic carbocycles. The molecule has 5 heteroatoms. The fraction of sp³-hybridized carbons (Fsp3) is 0.200. The molecule has 1 atom stereocenters. The summed E-state index contributed by atoms with van der Waals surface area (Å²) in [7, 11) is 0. The lowest BCUT2D eigenvalue weighted by Gasteiger charge is -2.12. The molecule has 0 saturated carbocycles. The van der Waals surface area contributed by atoms with Crippen molar-refractivity contribution in [2.45, 2.75) is 17.4 Å². The van der Waals surface area contributed by atoms with Gasteiger partial charge in [-0.3, -0.25) is 0 Å². The van der Waals surface area contributed by atoms with Crippen LogP contribution in [-0.4, -0.2) is 11.8 Å². The van der Waals surface area contributed by atoms with E-state index in [-0.39, 0.29) is 18.0 Å². The van der Waals surface area contributed by atoms with Crippen LogP contribution in [0.5, 0.6) is 0 Å². The summed E-state index contributed by atoms with van der Waals surface area (Å²) in [5.74, 6) is -0.510. The number of hydrogen-bond acceptors (Lipinski definition) is 2. The number of hydrogen-bond donors (Lipinski definition) is 1. The van der Waals surface area contributed by atoms with Crippen LogP contribution in [0.25, 0.3) is 0 Å². The van der Waals surface area contributed by atoms with Gasteiger partial charge in [0.1, 0.15) is 11.6 Å². The third kappa shape index (κ3) is 4.20. The molecule has 0 saturated heterocycles. The van der Waals surface area contributed by atoms with Gasteiger partial charge in [0, 0.05) is 27.3 Å². The van der Waals surface area contributed by atoms with Crippen molar-refractivity contribution < 1.29 is 8.78 Å². The Bertz CT molecular complexity index is 554. The molecule has 0 heterocycles. The van der Waals surface area contributed by atoms with E-state index < -0.39 is 11.6 Å². The van der Waals surface area contributed by atoms with E-state index in [0.29, 0.717) is 10.8 Å². The molecule has 1 nitrogen and oxygen atoms in total. The van der Waals surface area contributed by atoms with Gasteiger partial charge in [-0.2, -0.15) is 0 Å². The van der Waals surface area contributed by atoms with Crippen LogP contribution < -0.4 is 5.73 Å². The van der Waals surface area contributed by atoms with Crippen molar-refractivity contribution in [1.29, 1.82) is 0 Å². The third-order valence-electron chi connectivity index (χ3n) is 2.81. The fourth-order valence-electron chi connectivity index (χ4n) is 1.78. The van der Waals surface area contributed by atoms with Crippen LogP contribution >= 0.6 is 23.4 Å². The number of nitrogens with two attached hydrogens (primary N) is 1. The van der Waals surface area contributed by atoms with Crippen LogP contribution in [0.15, 0.2) is 47.4 Å². The molecule has 2 aromatic rings. The molecule has 20 heavy (non-hydrogen) atoms. The van der Waals surface area contributed by atoms with Gasteiger partial charge in [0.15, 0.2) is 0 Å². The van der Waals surface area contributed by atoms with E-state index in [1.165, 1.54) is 30.0 Å². The molecule has 2 N–H and O–H groups in total. The van der Waals surface area contributed by atoms with Gasteiger partial charge >= 0.3 is 0 Å². The Morgan fingerprint density at radius 1 is 1.05 bits per heavy atom. The van der Waals surface area contributed by atoms with Crippen molar-refractivity contribution in [3.63, 3.8) is 0 Å². The van der Waals surface area contributed by atoms with E-state index in [2.05, 4.69) is 0 Å². The van der Waals surface area contributed by atoms with Crippen LogP contribution in [0.2, 0.25) is 5.02 Å². The Balaban J connectivity index is 1.92. The fourth-order valence-corrected chi connectivity index (χ4v) is 2.76. The van der Waals surface area contributed by atoms with Crippen LogP contribution in [-0.2, 0) is 6.42 Å². The lowest BCUT2D eigenvalue weighted by atomic mass is 10.1. The Kier molecular flexibility index (Phi) is 5.40. The van der Waals surface area contributed by atoms with E-state index in [1.807, 2.05) is 12.1 Å². The summed E-state index contributed by atoms with van der Waals surface area (Å²) in [6.07, 6.45) is 0.180. The van der Waals surface area contributed by atoms with E-state index in [4.69, 9.17) is 17.3 Å². The first-order valence-electron chi connectivity index (χ1n) is 6.13. The molecule has 0 aromatic heterocycles. The minimum absolute atomic E-state index is 0.0525. The summed E-state index contributed by atoms with van der Waals surface area (Å²) in [6, 6.07) is 10.9. The standard InChI is InChI=1S/C15H14ClF2NS/c16-10-4-6-12(7-5-10)20-9-11(19)8-13-14(17)2-1-3-15(13)18/h1-7,11H,8-9,19H2. The average molecular weight is 314 g/mol. The molecule has 2 rings (SSSR count). The zero-order chi connectivity index (χ0) is 14.5. The van der Waals surface area contributed by atoms with Gasteiger partial charge in [-0.1, -0.05) is 17.7 Å². The van der Waals surface area contributed by atoms with Gasteiger partial charge < -0.3 is 5.73 Å². The first kappa shape index (κ1) is 15.3. The molecule has 0 aliphatic heterocycles.